The van der Waals surface area contributed by atoms with Gasteiger partial charge >= 0.3 is 6.09 Å². The van der Waals surface area contributed by atoms with Gasteiger partial charge in [0.05, 0.1) is 6.61 Å². The van der Waals surface area contributed by atoms with Gasteiger partial charge in [0.1, 0.15) is 19.8 Å². The van der Waals surface area contributed by atoms with Crippen LogP contribution in [0.4, 0.5) is 4.79 Å². The smallest absolute Gasteiger partial charge is 0.413 e. The Morgan fingerprint density at radius 1 is 1.13 bits per heavy atom. The minimum Gasteiger partial charge on any atom is -0.430 e. The maximum atomic E-state index is 12.2. The van der Waals surface area contributed by atoms with Gasteiger partial charge in [-0.25, -0.2) is 4.79 Å². The van der Waals surface area contributed by atoms with Crippen molar-refractivity contribution in [3.8, 4) is 11.5 Å². The van der Waals surface area contributed by atoms with Gasteiger partial charge in [0.2, 0.25) is 0 Å². The Kier molecular flexibility index (Phi) is 4.90. The number of fused-ring (bicyclic) bond motifs is 1. The molecule has 0 aromatic rings. The normalized spacial score (nSPS) is 26.6. The standard InChI is InChI=1S/C18H31NO3Si/c1-12(2)23(13(3)4,14(5)6)10-9-16-15-11-21-18(7,8)19(15)17(20)22-16/h12-16H,11H2,1-8H3/t15-,16+/m0/s1. The van der Waals surface area contributed by atoms with E-state index in [0.717, 1.165) is 0 Å². The maximum absolute atomic E-state index is 12.2. The number of cyclic esters (lactones) is 1. The number of hydrogen-bond donors (Lipinski definition) is 0. The molecule has 0 aliphatic carbocycles. The predicted molar refractivity (Wildman–Crippen MR) is 94.8 cm³/mol. The number of carbonyl (C=O) groups excluding carboxylic acids is 1. The van der Waals surface area contributed by atoms with Crippen molar-refractivity contribution in [2.75, 3.05) is 6.61 Å². The second kappa shape index (κ2) is 6.14. The van der Waals surface area contributed by atoms with E-state index in [-0.39, 0.29) is 18.2 Å². The van der Waals surface area contributed by atoms with Gasteiger partial charge < -0.3 is 9.47 Å². The van der Waals surface area contributed by atoms with Crippen molar-refractivity contribution >= 4 is 14.2 Å². The third-order valence-electron chi connectivity index (χ3n) is 5.59. The molecule has 2 aliphatic heterocycles. The number of carbonyl (C=O) groups is 1. The number of ether oxygens (including phenoxy) is 2. The molecule has 4 nitrogen and oxygen atoms in total. The lowest BCUT2D eigenvalue weighted by Gasteiger charge is -2.38. The number of hydrogen-bond acceptors (Lipinski definition) is 3. The second-order valence-electron chi connectivity index (χ2n) is 8.17. The molecule has 0 radical (unpaired) electrons. The highest BCUT2D eigenvalue weighted by Gasteiger charge is 2.54. The van der Waals surface area contributed by atoms with Crippen LogP contribution in [0.25, 0.3) is 0 Å². The monoisotopic (exact) mass is 337 g/mol. The van der Waals surface area contributed by atoms with Crippen molar-refractivity contribution in [1.29, 1.82) is 0 Å². The Hall–Kier alpha value is -0.993. The van der Waals surface area contributed by atoms with E-state index in [1.54, 1.807) is 4.90 Å². The van der Waals surface area contributed by atoms with Crippen molar-refractivity contribution < 1.29 is 14.3 Å². The van der Waals surface area contributed by atoms with Crippen LogP contribution in [0.5, 0.6) is 0 Å². The Labute approximate surface area is 141 Å². The summed E-state index contributed by atoms with van der Waals surface area (Å²) in [6, 6.07) is -0.0804. The highest BCUT2D eigenvalue weighted by molar-refractivity contribution is 6.90. The first kappa shape index (κ1) is 18.3. The summed E-state index contributed by atoms with van der Waals surface area (Å²) < 4.78 is 11.3. The molecule has 23 heavy (non-hydrogen) atoms. The van der Waals surface area contributed by atoms with Crippen LogP contribution in [-0.2, 0) is 9.47 Å². The maximum Gasteiger partial charge on any atom is 0.413 e. The second-order valence-corrected chi connectivity index (χ2v) is 13.7. The first-order valence-electron chi connectivity index (χ1n) is 8.70. The molecule has 2 fully saturated rings. The van der Waals surface area contributed by atoms with Crippen LogP contribution in [0.3, 0.4) is 0 Å². The van der Waals surface area contributed by atoms with E-state index in [4.69, 9.17) is 9.47 Å². The van der Waals surface area contributed by atoms with Gasteiger partial charge in [0.15, 0.2) is 6.10 Å². The summed E-state index contributed by atoms with van der Waals surface area (Å²) in [4.78, 5) is 13.9. The average molecular weight is 338 g/mol. The molecule has 0 aromatic carbocycles. The summed E-state index contributed by atoms with van der Waals surface area (Å²) in [5.41, 5.74) is 4.77. The molecule has 0 unspecified atom stereocenters. The topological polar surface area (TPSA) is 38.8 Å². The van der Waals surface area contributed by atoms with Crippen LogP contribution >= 0.6 is 0 Å². The van der Waals surface area contributed by atoms with Gasteiger partial charge in [0.25, 0.3) is 0 Å². The van der Waals surface area contributed by atoms with Crippen molar-refractivity contribution in [2.45, 2.75) is 89.9 Å². The molecule has 0 N–H and O–H groups in total. The Morgan fingerprint density at radius 2 is 1.65 bits per heavy atom. The molecule has 130 valence electrons. The van der Waals surface area contributed by atoms with Crippen LogP contribution in [-0.4, -0.2) is 43.5 Å². The third-order valence-corrected chi connectivity index (χ3v) is 11.9. The zero-order valence-corrected chi connectivity index (χ0v) is 16.8. The zero-order chi connectivity index (χ0) is 17.6. The highest BCUT2D eigenvalue weighted by Crippen LogP contribution is 2.41. The van der Waals surface area contributed by atoms with E-state index in [1.165, 1.54) is 0 Å². The largest absolute Gasteiger partial charge is 0.430 e. The lowest BCUT2D eigenvalue weighted by atomic mass is 10.1. The summed E-state index contributed by atoms with van der Waals surface area (Å²) >= 11 is 0. The van der Waals surface area contributed by atoms with Crippen molar-refractivity contribution in [3.63, 3.8) is 0 Å². The number of nitrogens with zero attached hydrogens (tertiary/aromatic N) is 1. The average Bonchev–Trinajstić information content (AvgIpc) is 2.89. The molecular formula is C18H31NO3Si. The molecule has 0 saturated carbocycles. The van der Waals surface area contributed by atoms with E-state index in [2.05, 4.69) is 53.0 Å². The van der Waals surface area contributed by atoms with Crippen molar-refractivity contribution in [3.05, 3.63) is 0 Å². The summed E-state index contributed by atoms with van der Waals surface area (Å²) in [6.45, 7) is 18.0. The van der Waals surface area contributed by atoms with Crippen molar-refractivity contribution in [2.24, 2.45) is 0 Å². The van der Waals surface area contributed by atoms with Crippen LogP contribution in [0.15, 0.2) is 0 Å². The number of rotatable bonds is 3. The van der Waals surface area contributed by atoms with Gasteiger partial charge in [-0.1, -0.05) is 47.5 Å². The minimum absolute atomic E-state index is 0.0804. The molecule has 0 spiro atoms. The Balaban J connectivity index is 2.32. The first-order valence-corrected chi connectivity index (χ1v) is 10.9. The minimum atomic E-state index is -1.81. The quantitative estimate of drug-likeness (QED) is 0.573. The first-order chi connectivity index (χ1) is 10.5. The molecule has 5 heteroatoms. The summed E-state index contributed by atoms with van der Waals surface area (Å²) in [6.07, 6.45) is -0.671. The zero-order valence-electron chi connectivity index (χ0n) is 15.8. The van der Waals surface area contributed by atoms with Crippen molar-refractivity contribution in [1.82, 2.24) is 4.90 Å². The summed E-state index contributed by atoms with van der Waals surface area (Å²) in [5.74, 6) is 3.35. The fourth-order valence-electron chi connectivity index (χ4n) is 4.41. The Bertz CT molecular complexity index is 508. The van der Waals surface area contributed by atoms with E-state index in [0.29, 0.717) is 23.2 Å². The molecule has 1 amide bonds. The molecule has 0 aromatic heterocycles. The van der Waals surface area contributed by atoms with Crippen LogP contribution in [0.2, 0.25) is 16.6 Å². The van der Waals surface area contributed by atoms with E-state index < -0.39 is 13.8 Å². The molecule has 2 heterocycles. The highest BCUT2D eigenvalue weighted by atomic mass is 28.3. The van der Waals surface area contributed by atoms with E-state index in [9.17, 15) is 4.79 Å². The van der Waals surface area contributed by atoms with E-state index >= 15 is 0 Å². The van der Waals surface area contributed by atoms with E-state index in [1.807, 2.05) is 13.8 Å². The molecular weight excluding hydrogens is 306 g/mol. The summed E-state index contributed by atoms with van der Waals surface area (Å²) in [7, 11) is -1.81. The van der Waals surface area contributed by atoms with Crippen LogP contribution in [0, 0.1) is 11.5 Å². The predicted octanol–water partition coefficient (Wildman–Crippen LogP) is 4.16. The molecule has 2 saturated heterocycles. The van der Waals surface area contributed by atoms with Gasteiger partial charge in [-0.3, -0.25) is 4.90 Å². The number of amides is 1. The third kappa shape index (κ3) is 2.92. The lowest BCUT2D eigenvalue weighted by molar-refractivity contribution is -0.0380. The van der Waals surface area contributed by atoms with Gasteiger partial charge in [-0.05, 0) is 30.5 Å². The van der Waals surface area contributed by atoms with Gasteiger partial charge in [-0.2, -0.15) is 0 Å². The molecule has 2 atom stereocenters. The molecule has 2 aliphatic rings. The SMILES string of the molecule is CC(C)[Si](C#C[C@H]1OC(=O)N2[C@H]1COC2(C)C)(C(C)C)C(C)C. The van der Waals surface area contributed by atoms with Crippen LogP contribution in [0.1, 0.15) is 55.4 Å². The molecule has 2 rings (SSSR count). The molecule has 0 bridgehead atoms. The Morgan fingerprint density at radius 3 is 2.13 bits per heavy atom. The van der Waals surface area contributed by atoms with Gasteiger partial charge in [0, 0.05) is 0 Å². The lowest BCUT2D eigenvalue weighted by Crippen LogP contribution is -2.44. The summed E-state index contributed by atoms with van der Waals surface area (Å²) in [5, 5.41) is 0. The fraction of sp³-hybridized carbons (Fsp3) is 0.833. The van der Waals surface area contributed by atoms with Gasteiger partial charge in [-0.15, -0.1) is 5.54 Å². The fourth-order valence-corrected chi connectivity index (χ4v) is 9.67. The van der Waals surface area contributed by atoms with Crippen LogP contribution < -0.4 is 0 Å².